The molecule has 0 spiro atoms. The van der Waals surface area contributed by atoms with Crippen molar-refractivity contribution in [3.05, 3.63) is 35.1 Å². The molecule has 0 bridgehead atoms. The van der Waals surface area contributed by atoms with Gasteiger partial charge in [0.2, 0.25) is 0 Å². The van der Waals surface area contributed by atoms with Gasteiger partial charge in [-0.15, -0.1) is 0 Å². The van der Waals surface area contributed by atoms with Crippen LogP contribution < -0.4 is 5.73 Å². The monoisotopic (exact) mass is 224 g/mol. The Hall–Kier alpha value is -1.42. The van der Waals surface area contributed by atoms with E-state index in [0.717, 1.165) is 5.56 Å². The number of aryl methyl sites for hydroxylation is 1. The van der Waals surface area contributed by atoms with E-state index in [2.05, 4.69) is 0 Å². The van der Waals surface area contributed by atoms with Crippen molar-refractivity contribution in [3.63, 3.8) is 0 Å². The van der Waals surface area contributed by atoms with Crippen LogP contribution >= 0.6 is 0 Å². The third kappa shape index (κ3) is 2.58. The Morgan fingerprint density at radius 2 is 2.19 bits per heavy atom. The fourth-order valence-electron chi connectivity index (χ4n) is 1.35. The minimum Gasteiger partial charge on any atom is -0.338 e. The van der Waals surface area contributed by atoms with E-state index in [4.69, 9.17) is 5.73 Å². The molecule has 88 valence electrons. The van der Waals surface area contributed by atoms with E-state index in [1.807, 2.05) is 13.8 Å². The van der Waals surface area contributed by atoms with Crippen LogP contribution in [0.2, 0.25) is 0 Å². The molecule has 0 radical (unpaired) electrons. The number of amides is 1. The topological polar surface area (TPSA) is 46.3 Å². The van der Waals surface area contributed by atoms with Crippen molar-refractivity contribution < 1.29 is 9.18 Å². The van der Waals surface area contributed by atoms with Gasteiger partial charge < -0.3 is 10.6 Å². The van der Waals surface area contributed by atoms with Gasteiger partial charge in [-0.2, -0.15) is 0 Å². The number of carbonyl (C=O) groups is 1. The molecule has 0 saturated heterocycles. The number of nitrogens with zero attached hydrogens (tertiary/aromatic N) is 1. The van der Waals surface area contributed by atoms with Crippen LogP contribution in [0.25, 0.3) is 0 Å². The van der Waals surface area contributed by atoms with Crippen molar-refractivity contribution in [1.82, 2.24) is 4.90 Å². The van der Waals surface area contributed by atoms with Gasteiger partial charge >= 0.3 is 0 Å². The van der Waals surface area contributed by atoms with Gasteiger partial charge in [0.25, 0.3) is 5.91 Å². The van der Waals surface area contributed by atoms with Crippen LogP contribution in [-0.2, 0) is 0 Å². The number of hydrogen-bond donors (Lipinski definition) is 1. The fourth-order valence-corrected chi connectivity index (χ4v) is 1.35. The van der Waals surface area contributed by atoms with Crippen molar-refractivity contribution in [2.24, 2.45) is 5.73 Å². The Kier molecular flexibility index (Phi) is 4.01. The predicted octanol–water partition coefficient (Wildman–Crippen LogP) is 1.55. The molecular weight excluding hydrogens is 207 g/mol. The zero-order chi connectivity index (χ0) is 12.3. The van der Waals surface area contributed by atoms with Crippen LogP contribution in [-0.4, -0.2) is 30.4 Å². The quantitative estimate of drug-likeness (QED) is 0.846. The van der Waals surface area contributed by atoms with E-state index in [9.17, 15) is 9.18 Å². The van der Waals surface area contributed by atoms with Gasteiger partial charge in [-0.3, -0.25) is 4.79 Å². The minimum atomic E-state index is -0.494. The maximum Gasteiger partial charge on any atom is 0.256 e. The van der Waals surface area contributed by atoms with Gasteiger partial charge in [0.15, 0.2) is 0 Å². The zero-order valence-corrected chi connectivity index (χ0v) is 9.83. The average Bonchev–Trinajstić information content (AvgIpc) is 2.29. The van der Waals surface area contributed by atoms with Gasteiger partial charge in [0.1, 0.15) is 5.82 Å². The van der Waals surface area contributed by atoms with Crippen molar-refractivity contribution in [1.29, 1.82) is 0 Å². The third-order valence-corrected chi connectivity index (χ3v) is 2.67. The summed E-state index contributed by atoms with van der Waals surface area (Å²) in [7, 11) is 1.63. The summed E-state index contributed by atoms with van der Waals surface area (Å²) in [5.74, 6) is -0.828. The van der Waals surface area contributed by atoms with Gasteiger partial charge in [-0.1, -0.05) is 11.6 Å². The summed E-state index contributed by atoms with van der Waals surface area (Å²) < 4.78 is 13.5. The van der Waals surface area contributed by atoms with Gasteiger partial charge in [-0.25, -0.2) is 4.39 Å². The molecule has 16 heavy (non-hydrogen) atoms. The van der Waals surface area contributed by atoms with Crippen LogP contribution in [0.5, 0.6) is 0 Å². The molecule has 1 unspecified atom stereocenters. The van der Waals surface area contributed by atoms with Crippen molar-refractivity contribution >= 4 is 5.91 Å². The molecule has 0 aromatic heterocycles. The van der Waals surface area contributed by atoms with E-state index in [0.29, 0.717) is 6.54 Å². The normalized spacial score (nSPS) is 12.3. The largest absolute Gasteiger partial charge is 0.338 e. The minimum absolute atomic E-state index is 0.0998. The number of benzene rings is 1. The first-order chi connectivity index (χ1) is 7.47. The number of rotatable bonds is 3. The summed E-state index contributed by atoms with van der Waals surface area (Å²) >= 11 is 0. The molecule has 0 aliphatic carbocycles. The van der Waals surface area contributed by atoms with E-state index in [-0.39, 0.29) is 17.5 Å². The van der Waals surface area contributed by atoms with E-state index in [1.165, 1.54) is 11.0 Å². The summed E-state index contributed by atoms with van der Waals surface area (Å²) in [6.07, 6.45) is 0. The Morgan fingerprint density at radius 3 is 2.75 bits per heavy atom. The summed E-state index contributed by atoms with van der Waals surface area (Å²) in [4.78, 5) is 13.4. The molecule has 1 aromatic rings. The third-order valence-electron chi connectivity index (χ3n) is 2.67. The maximum atomic E-state index is 13.5. The summed E-state index contributed by atoms with van der Waals surface area (Å²) in [5, 5.41) is 0. The molecule has 1 rings (SSSR count). The first kappa shape index (κ1) is 12.6. The van der Waals surface area contributed by atoms with Crippen LogP contribution in [0.1, 0.15) is 22.8 Å². The van der Waals surface area contributed by atoms with Gasteiger partial charge in [-0.05, 0) is 26.0 Å². The SMILES string of the molecule is Cc1ccc(F)c(C(=O)N(C)C(C)CN)c1. The maximum absolute atomic E-state index is 13.5. The van der Waals surface area contributed by atoms with Crippen LogP contribution in [0.3, 0.4) is 0 Å². The number of hydrogen-bond acceptors (Lipinski definition) is 2. The van der Waals surface area contributed by atoms with Crippen LogP contribution in [0.15, 0.2) is 18.2 Å². The molecule has 0 aliphatic heterocycles. The average molecular weight is 224 g/mol. The molecule has 4 heteroatoms. The molecule has 1 aromatic carbocycles. The number of carbonyl (C=O) groups excluding carboxylic acids is 1. The Bertz CT molecular complexity index is 393. The summed E-state index contributed by atoms with van der Waals surface area (Å²) in [6.45, 7) is 4.00. The molecule has 1 amide bonds. The lowest BCUT2D eigenvalue weighted by atomic mass is 10.1. The molecule has 3 nitrogen and oxygen atoms in total. The van der Waals surface area contributed by atoms with Gasteiger partial charge in [0, 0.05) is 19.6 Å². The van der Waals surface area contributed by atoms with Crippen LogP contribution in [0.4, 0.5) is 4.39 Å². The zero-order valence-electron chi connectivity index (χ0n) is 9.83. The first-order valence-corrected chi connectivity index (χ1v) is 5.20. The molecule has 0 aliphatic rings. The molecule has 1 atom stereocenters. The lowest BCUT2D eigenvalue weighted by Crippen LogP contribution is -2.40. The highest BCUT2D eigenvalue weighted by molar-refractivity contribution is 5.94. The highest BCUT2D eigenvalue weighted by atomic mass is 19.1. The molecule has 0 heterocycles. The van der Waals surface area contributed by atoms with Gasteiger partial charge in [0.05, 0.1) is 5.56 Å². The predicted molar refractivity (Wildman–Crippen MR) is 61.7 cm³/mol. The van der Waals surface area contributed by atoms with Crippen molar-refractivity contribution in [3.8, 4) is 0 Å². The Labute approximate surface area is 95.0 Å². The molecule has 0 fully saturated rings. The molecule has 2 N–H and O–H groups in total. The van der Waals surface area contributed by atoms with E-state index in [1.54, 1.807) is 19.2 Å². The number of nitrogens with two attached hydrogens (primary N) is 1. The standard InChI is InChI=1S/C12H17FN2O/c1-8-4-5-11(13)10(6-8)12(16)15(3)9(2)7-14/h4-6,9H,7,14H2,1-3H3. The first-order valence-electron chi connectivity index (χ1n) is 5.20. The fraction of sp³-hybridized carbons (Fsp3) is 0.417. The smallest absolute Gasteiger partial charge is 0.256 e. The highest BCUT2D eigenvalue weighted by Gasteiger charge is 2.19. The molecule has 0 saturated carbocycles. The number of halogens is 1. The number of likely N-dealkylation sites (N-methyl/N-ethyl adjacent to an activating group) is 1. The van der Waals surface area contributed by atoms with Crippen LogP contribution in [0, 0.1) is 12.7 Å². The summed E-state index contributed by atoms with van der Waals surface area (Å²) in [5.41, 5.74) is 6.43. The van der Waals surface area contributed by atoms with Crippen molar-refractivity contribution in [2.45, 2.75) is 19.9 Å². The van der Waals surface area contributed by atoms with E-state index < -0.39 is 5.82 Å². The molecular formula is C12H17FN2O. The second-order valence-corrected chi connectivity index (χ2v) is 3.98. The summed E-state index contributed by atoms with van der Waals surface area (Å²) in [6, 6.07) is 4.40. The van der Waals surface area contributed by atoms with Crippen molar-refractivity contribution in [2.75, 3.05) is 13.6 Å². The van der Waals surface area contributed by atoms with E-state index >= 15 is 0 Å². The Balaban J connectivity index is 3.00. The Morgan fingerprint density at radius 1 is 1.56 bits per heavy atom. The lowest BCUT2D eigenvalue weighted by molar-refractivity contribution is 0.0743. The lowest BCUT2D eigenvalue weighted by Gasteiger charge is -2.23. The highest BCUT2D eigenvalue weighted by Crippen LogP contribution is 2.13. The second kappa shape index (κ2) is 5.07. The second-order valence-electron chi connectivity index (χ2n) is 3.98.